The third-order valence-electron chi connectivity index (χ3n) is 5.09. The number of hydrogen-bond donors (Lipinski definition) is 1. The average Bonchev–Trinajstić information content (AvgIpc) is 3.11. The van der Waals surface area contributed by atoms with Crippen LogP contribution in [0.15, 0.2) is 17.5 Å². The molecule has 1 saturated carbocycles. The van der Waals surface area contributed by atoms with Crippen LogP contribution in [0.3, 0.4) is 0 Å². The Kier molecular flexibility index (Phi) is 6.08. The van der Waals surface area contributed by atoms with E-state index in [1.165, 1.54) is 24.1 Å². The van der Waals surface area contributed by atoms with Gasteiger partial charge in [-0.15, -0.1) is 11.3 Å². The van der Waals surface area contributed by atoms with Gasteiger partial charge in [0, 0.05) is 29.9 Å². The van der Waals surface area contributed by atoms with E-state index in [1.807, 2.05) is 0 Å². The maximum absolute atomic E-state index is 12.6. The molecule has 2 atom stereocenters. The Bertz CT molecular complexity index is 479. The van der Waals surface area contributed by atoms with Crippen LogP contribution in [-0.4, -0.2) is 43.2 Å². The van der Waals surface area contributed by atoms with Crippen molar-refractivity contribution in [3.05, 3.63) is 22.4 Å². The van der Waals surface area contributed by atoms with Gasteiger partial charge in [-0.05, 0) is 31.2 Å². The number of amides is 1. The molecule has 1 saturated heterocycles. The van der Waals surface area contributed by atoms with Crippen molar-refractivity contribution in [2.75, 3.05) is 26.3 Å². The number of carbonyl (C=O) groups is 1. The van der Waals surface area contributed by atoms with Crippen molar-refractivity contribution in [1.82, 2.24) is 10.2 Å². The van der Waals surface area contributed by atoms with E-state index in [2.05, 4.69) is 34.7 Å². The molecule has 1 N–H and O–H groups in total. The molecular formula is C18H28N2O2S. The van der Waals surface area contributed by atoms with Crippen molar-refractivity contribution < 1.29 is 9.53 Å². The fourth-order valence-corrected chi connectivity index (χ4v) is 4.81. The first kappa shape index (κ1) is 16.9. The van der Waals surface area contributed by atoms with Gasteiger partial charge in [0.05, 0.1) is 19.3 Å². The highest BCUT2D eigenvalue weighted by molar-refractivity contribution is 7.10. The maximum atomic E-state index is 12.6. The maximum Gasteiger partial charge on any atom is 0.223 e. The van der Waals surface area contributed by atoms with E-state index in [9.17, 15) is 4.79 Å². The number of ether oxygens (including phenoxy) is 1. The van der Waals surface area contributed by atoms with Crippen LogP contribution in [0.2, 0.25) is 0 Å². The van der Waals surface area contributed by atoms with Crippen molar-refractivity contribution in [3.8, 4) is 0 Å². The van der Waals surface area contributed by atoms with E-state index >= 15 is 0 Å². The molecule has 0 bridgehead atoms. The van der Waals surface area contributed by atoms with Crippen LogP contribution in [0.4, 0.5) is 0 Å². The highest BCUT2D eigenvalue weighted by Gasteiger charge is 2.31. The molecule has 2 heterocycles. The van der Waals surface area contributed by atoms with E-state index in [0.717, 1.165) is 39.1 Å². The quantitative estimate of drug-likeness (QED) is 0.898. The molecule has 2 aliphatic rings. The van der Waals surface area contributed by atoms with Gasteiger partial charge in [-0.1, -0.05) is 25.3 Å². The Morgan fingerprint density at radius 3 is 2.70 bits per heavy atom. The molecule has 1 aliphatic heterocycles. The highest BCUT2D eigenvalue weighted by atomic mass is 32.1. The van der Waals surface area contributed by atoms with Gasteiger partial charge in [-0.2, -0.15) is 0 Å². The van der Waals surface area contributed by atoms with Crippen LogP contribution in [0.5, 0.6) is 0 Å². The summed E-state index contributed by atoms with van der Waals surface area (Å²) in [5.41, 5.74) is 0. The Balaban J connectivity index is 1.67. The van der Waals surface area contributed by atoms with E-state index in [0.29, 0.717) is 0 Å². The van der Waals surface area contributed by atoms with Gasteiger partial charge >= 0.3 is 0 Å². The number of morpholine rings is 1. The van der Waals surface area contributed by atoms with Crippen LogP contribution >= 0.6 is 11.3 Å². The van der Waals surface area contributed by atoms with Gasteiger partial charge in [-0.25, -0.2) is 0 Å². The smallest absolute Gasteiger partial charge is 0.223 e. The van der Waals surface area contributed by atoms with Crippen LogP contribution < -0.4 is 5.32 Å². The molecule has 0 unspecified atom stereocenters. The van der Waals surface area contributed by atoms with Crippen LogP contribution in [0.1, 0.15) is 49.9 Å². The number of hydrogen-bond acceptors (Lipinski definition) is 4. The Labute approximate surface area is 143 Å². The topological polar surface area (TPSA) is 41.6 Å². The Hall–Kier alpha value is -0.910. The van der Waals surface area contributed by atoms with Crippen molar-refractivity contribution in [1.29, 1.82) is 0 Å². The van der Waals surface area contributed by atoms with E-state index in [1.54, 1.807) is 11.3 Å². The highest BCUT2D eigenvalue weighted by Crippen LogP contribution is 2.30. The second kappa shape index (κ2) is 8.27. The van der Waals surface area contributed by atoms with Gasteiger partial charge in [0.15, 0.2) is 0 Å². The number of nitrogens with one attached hydrogen (secondary N) is 1. The molecule has 23 heavy (non-hydrogen) atoms. The summed E-state index contributed by atoms with van der Waals surface area (Å²) in [5.74, 6) is 0.479. The minimum Gasteiger partial charge on any atom is -0.379 e. The summed E-state index contributed by atoms with van der Waals surface area (Å²) in [5, 5.41) is 5.44. The van der Waals surface area contributed by atoms with Gasteiger partial charge in [0.25, 0.3) is 0 Å². The Morgan fingerprint density at radius 2 is 2.04 bits per heavy atom. The predicted octanol–water partition coefficient (Wildman–Crippen LogP) is 3.21. The van der Waals surface area contributed by atoms with Crippen LogP contribution in [-0.2, 0) is 9.53 Å². The predicted molar refractivity (Wildman–Crippen MR) is 93.6 cm³/mol. The van der Waals surface area contributed by atoms with Gasteiger partial charge in [0.2, 0.25) is 5.91 Å². The van der Waals surface area contributed by atoms with Crippen molar-refractivity contribution in [3.63, 3.8) is 0 Å². The molecule has 0 radical (unpaired) electrons. The molecular weight excluding hydrogens is 308 g/mol. The first-order valence-electron chi connectivity index (χ1n) is 8.91. The summed E-state index contributed by atoms with van der Waals surface area (Å²) in [6, 6.07) is 4.67. The summed E-state index contributed by atoms with van der Waals surface area (Å²) < 4.78 is 5.50. The van der Waals surface area contributed by atoms with Crippen LogP contribution in [0, 0.1) is 5.92 Å². The molecule has 128 valence electrons. The van der Waals surface area contributed by atoms with Crippen molar-refractivity contribution in [2.45, 2.75) is 51.1 Å². The number of rotatable bonds is 5. The van der Waals surface area contributed by atoms with Crippen molar-refractivity contribution >= 4 is 17.2 Å². The first-order valence-corrected chi connectivity index (χ1v) is 9.79. The number of nitrogens with zero attached hydrogens (tertiary/aromatic N) is 1. The monoisotopic (exact) mass is 336 g/mol. The summed E-state index contributed by atoms with van der Waals surface area (Å²) >= 11 is 1.78. The number of carbonyl (C=O) groups excluding carboxylic acids is 1. The summed E-state index contributed by atoms with van der Waals surface area (Å²) in [6.07, 6.45) is 5.79. The summed E-state index contributed by atoms with van der Waals surface area (Å²) in [4.78, 5) is 16.4. The average molecular weight is 337 g/mol. The lowest BCUT2D eigenvalue weighted by atomic mass is 9.88. The molecule has 4 nitrogen and oxygen atoms in total. The second-order valence-electron chi connectivity index (χ2n) is 6.74. The largest absolute Gasteiger partial charge is 0.379 e. The lowest BCUT2D eigenvalue weighted by molar-refractivity contribution is -0.127. The van der Waals surface area contributed by atoms with Crippen molar-refractivity contribution in [2.24, 2.45) is 5.92 Å². The lowest BCUT2D eigenvalue weighted by Gasteiger charge is -2.38. The summed E-state index contributed by atoms with van der Waals surface area (Å²) in [6.45, 7) is 5.59. The minimum absolute atomic E-state index is 0.126. The SMILES string of the molecule is C[C@@H](NC(=O)C1CCCCC1)[C@H](c1cccs1)N1CCOCC1. The minimum atomic E-state index is 0.126. The molecule has 0 aromatic carbocycles. The molecule has 1 amide bonds. The van der Waals surface area contributed by atoms with Crippen LogP contribution in [0.25, 0.3) is 0 Å². The molecule has 0 spiro atoms. The van der Waals surface area contributed by atoms with E-state index in [4.69, 9.17) is 4.74 Å². The first-order chi connectivity index (χ1) is 11.3. The fraction of sp³-hybridized carbons (Fsp3) is 0.722. The second-order valence-corrected chi connectivity index (χ2v) is 7.72. The zero-order chi connectivity index (χ0) is 16.1. The molecule has 2 fully saturated rings. The van der Waals surface area contributed by atoms with Gasteiger partial charge in [0.1, 0.15) is 0 Å². The van der Waals surface area contributed by atoms with E-state index < -0.39 is 0 Å². The Morgan fingerprint density at radius 1 is 1.30 bits per heavy atom. The fourth-order valence-electron chi connectivity index (χ4n) is 3.84. The third kappa shape index (κ3) is 4.34. The zero-order valence-corrected chi connectivity index (χ0v) is 14.8. The molecule has 1 aromatic heterocycles. The molecule has 1 aromatic rings. The zero-order valence-electron chi connectivity index (χ0n) is 14.0. The van der Waals surface area contributed by atoms with Gasteiger partial charge < -0.3 is 10.1 Å². The molecule has 1 aliphatic carbocycles. The molecule has 3 rings (SSSR count). The third-order valence-corrected chi connectivity index (χ3v) is 6.04. The summed E-state index contributed by atoms with van der Waals surface area (Å²) in [7, 11) is 0. The molecule has 5 heteroatoms. The lowest BCUT2D eigenvalue weighted by Crippen LogP contribution is -2.49. The van der Waals surface area contributed by atoms with Gasteiger partial charge in [-0.3, -0.25) is 9.69 Å². The number of thiophene rings is 1. The van der Waals surface area contributed by atoms with E-state index in [-0.39, 0.29) is 23.9 Å². The standard InChI is InChI=1S/C18H28N2O2S/c1-14(19-18(21)15-6-3-2-4-7-15)17(16-8-5-13-23-16)20-9-11-22-12-10-20/h5,8,13-15,17H,2-4,6-7,9-12H2,1H3,(H,19,21)/t14-,17-/m1/s1. The normalized spacial score (nSPS) is 23.3.